The third kappa shape index (κ3) is 3.88. The molecule has 0 N–H and O–H groups in total. The maximum Gasteiger partial charge on any atom is 2.00 e. The van der Waals surface area contributed by atoms with Gasteiger partial charge in [0.25, 0.3) is 5.95 Å². The van der Waals surface area contributed by atoms with Gasteiger partial charge in [0.15, 0.2) is 0 Å². The first kappa shape index (κ1) is 20.9. The fourth-order valence-corrected chi connectivity index (χ4v) is 3.70. The van der Waals surface area contributed by atoms with Crippen molar-refractivity contribution in [3.8, 4) is 28.8 Å². The van der Waals surface area contributed by atoms with Crippen LogP contribution in [0.4, 0.5) is 0 Å². The van der Waals surface area contributed by atoms with Crippen molar-refractivity contribution < 1.29 is 25.8 Å². The van der Waals surface area contributed by atoms with E-state index in [1.165, 1.54) is 0 Å². The van der Waals surface area contributed by atoms with Crippen LogP contribution in [0.1, 0.15) is 0 Å². The van der Waals surface area contributed by atoms with E-state index in [9.17, 15) is 0 Å². The molecular weight excluding hydrogens is 595 g/mol. The van der Waals surface area contributed by atoms with Gasteiger partial charge in [0.2, 0.25) is 0 Å². The molecule has 0 atom stereocenters. The van der Waals surface area contributed by atoms with Crippen molar-refractivity contribution in [2.24, 2.45) is 0 Å². The molecule has 0 aliphatic heterocycles. The Balaban J connectivity index is 0.00000228. The van der Waals surface area contributed by atoms with Crippen LogP contribution in [0.5, 0.6) is 11.8 Å². The van der Waals surface area contributed by atoms with Crippen molar-refractivity contribution in [3.05, 3.63) is 97.6 Å². The molecule has 3 heterocycles. The summed E-state index contributed by atoms with van der Waals surface area (Å²) >= 11 is 0. The minimum Gasteiger partial charge on any atom is -0.446 e. The fraction of sp³-hybridized carbons (Fsp3) is 0. The van der Waals surface area contributed by atoms with E-state index in [1.54, 1.807) is 30.9 Å². The SMILES string of the molecule is [Pt+2].[c-]1c(Oc2ncccn2)cccc1-c1[c-]c2c(cc1)c1ccccc1n2-c1nccnn1. The minimum absolute atomic E-state index is 0. The van der Waals surface area contributed by atoms with Crippen LogP contribution in [-0.4, -0.2) is 29.7 Å². The summed E-state index contributed by atoms with van der Waals surface area (Å²) in [7, 11) is 0. The summed E-state index contributed by atoms with van der Waals surface area (Å²) in [5.74, 6) is 1.02. The number of hydrogen-bond donors (Lipinski definition) is 0. The molecule has 7 nitrogen and oxygen atoms in total. The predicted molar refractivity (Wildman–Crippen MR) is 119 cm³/mol. The van der Waals surface area contributed by atoms with Gasteiger partial charge in [0.1, 0.15) is 0 Å². The van der Waals surface area contributed by atoms with Crippen molar-refractivity contribution in [1.82, 2.24) is 29.7 Å². The first-order chi connectivity index (χ1) is 15.9. The Labute approximate surface area is 203 Å². The summed E-state index contributed by atoms with van der Waals surface area (Å²) in [5, 5.41) is 10.4. The number of ether oxygens (including phenoxy) is 1. The van der Waals surface area contributed by atoms with E-state index in [0.29, 0.717) is 11.7 Å². The Hall–Kier alpha value is -3.96. The quantitative estimate of drug-likeness (QED) is 0.267. The summed E-state index contributed by atoms with van der Waals surface area (Å²) in [6.07, 6.45) is 6.46. The van der Waals surface area contributed by atoms with E-state index in [-0.39, 0.29) is 27.1 Å². The molecule has 3 aromatic carbocycles. The van der Waals surface area contributed by atoms with Crippen LogP contribution < -0.4 is 4.74 Å². The monoisotopic (exact) mass is 609 g/mol. The number of rotatable bonds is 4. The Morgan fingerprint density at radius 1 is 0.697 bits per heavy atom. The number of fused-ring (bicyclic) bond motifs is 3. The summed E-state index contributed by atoms with van der Waals surface area (Å²) in [6, 6.07) is 26.7. The van der Waals surface area contributed by atoms with Crippen LogP contribution in [0, 0.1) is 12.1 Å². The van der Waals surface area contributed by atoms with Gasteiger partial charge in [0, 0.05) is 23.7 Å². The van der Waals surface area contributed by atoms with Gasteiger partial charge in [-0.15, -0.1) is 23.3 Å². The van der Waals surface area contributed by atoms with E-state index < -0.39 is 0 Å². The van der Waals surface area contributed by atoms with Crippen LogP contribution in [0.25, 0.3) is 38.9 Å². The third-order valence-corrected chi connectivity index (χ3v) is 5.06. The molecule has 33 heavy (non-hydrogen) atoms. The molecular formula is C25H14N6OPt. The first-order valence-corrected chi connectivity index (χ1v) is 9.94. The maximum absolute atomic E-state index is 5.74. The Morgan fingerprint density at radius 3 is 2.39 bits per heavy atom. The second kappa shape index (κ2) is 8.88. The van der Waals surface area contributed by atoms with E-state index in [2.05, 4.69) is 49.4 Å². The molecule has 0 spiro atoms. The van der Waals surface area contributed by atoms with Crippen molar-refractivity contribution in [2.45, 2.75) is 0 Å². The van der Waals surface area contributed by atoms with Gasteiger partial charge in [-0.2, -0.15) is 29.4 Å². The molecule has 0 saturated carbocycles. The fourth-order valence-electron chi connectivity index (χ4n) is 3.70. The second-order valence-corrected chi connectivity index (χ2v) is 6.99. The topological polar surface area (TPSA) is 78.6 Å². The molecule has 0 aliphatic carbocycles. The van der Waals surface area contributed by atoms with Gasteiger partial charge in [-0.3, -0.25) is 4.57 Å². The predicted octanol–water partition coefficient (Wildman–Crippen LogP) is 4.82. The van der Waals surface area contributed by atoms with E-state index in [4.69, 9.17) is 4.74 Å². The van der Waals surface area contributed by atoms with Crippen molar-refractivity contribution in [1.29, 1.82) is 0 Å². The van der Waals surface area contributed by atoms with Gasteiger partial charge < -0.3 is 4.74 Å². The maximum atomic E-state index is 5.74. The molecule has 0 saturated heterocycles. The second-order valence-electron chi connectivity index (χ2n) is 6.99. The molecule has 3 aromatic heterocycles. The molecule has 0 unspecified atom stereocenters. The molecule has 6 aromatic rings. The molecule has 160 valence electrons. The van der Waals surface area contributed by atoms with Crippen molar-refractivity contribution >= 4 is 21.8 Å². The zero-order valence-electron chi connectivity index (χ0n) is 17.0. The van der Waals surface area contributed by atoms with E-state index in [1.807, 2.05) is 47.0 Å². The molecule has 0 aliphatic rings. The Bertz CT molecular complexity index is 1550. The average Bonchev–Trinajstić information content (AvgIpc) is 3.19. The summed E-state index contributed by atoms with van der Waals surface area (Å²) in [4.78, 5) is 12.6. The number of hydrogen-bond acceptors (Lipinski definition) is 6. The standard InChI is InChI=1S/C25H14N6O.Pt/c1-2-8-22-20(7-1)21-10-9-18(16-23(21)31(22)24-26-13-14-29-30-24)17-5-3-6-19(15-17)32-25-27-11-4-12-28-25;/h1-14H;/q-2;+2. The normalized spacial score (nSPS) is 10.8. The van der Waals surface area contributed by atoms with Crippen LogP contribution in [0.15, 0.2) is 85.5 Å². The third-order valence-electron chi connectivity index (χ3n) is 5.06. The zero-order valence-corrected chi connectivity index (χ0v) is 19.3. The van der Waals surface area contributed by atoms with Gasteiger partial charge in [-0.05, 0) is 23.0 Å². The molecule has 0 radical (unpaired) electrons. The Kier molecular flexibility index (Phi) is 5.63. The van der Waals surface area contributed by atoms with E-state index in [0.717, 1.165) is 32.9 Å². The van der Waals surface area contributed by atoms with Gasteiger partial charge in [-0.1, -0.05) is 23.6 Å². The number of nitrogens with zero attached hydrogens (tertiary/aromatic N) is 6. The average molecular weight is 610 g/mol. The van der Waals surface area contributed by atoms with Crippen LogP contribution in [0.3, 0.4) is 0 Å². The van der Waals surface area contributed by atoms with Crippen LogP contribution >= 0.6 is 0 Å². The van der Waals surface area contributed by atoms with Crippen LogP contribution in [-0.2, 0) is 21.1 Å². The molecule has 8 heteroatoms. The number of para-hydroxylation sites is 1. The van der Waals surface area contributed by atoms with Gasteiger partial charge >= 0.3 is 27.1 Å². The molecule has 0 fully saturated rings. The van der Waals surface area contributed by atoms with Gasteiger partial charge in [-0.25, -0.2) is 26.1 Å². The van der Waals surface area contributed by atoms with Gasteiger partial charge in [0.05, 0.1) is 12.4 Å². The molecule has 0 bridgehead atoms. The van der Waals surface area contributed by atoms with Crippen LogP contribution in [0.2, 0.25) is 0 Å². The zero-order chi connectivity index (χ0) is 21.3. The first-order valence-electron chi connectivity index (χ1n) is 9.94. The molecule has 6 rings (SSSR count). The minimum atomic E-state index is 0. The Morgan fingerprint density at radius 2 is 1.55 bits per heavy atom. The van der Waals surface area contributed by atoms with E-state index >= 15 is 0 Å². The summed E-state index contributed by atoms with van der Waals surface area (Å²) in [6.45, 7) is 0. The largest absolute Gasteiger partial charge is 2.00 e. The number of aromatic nitrogens is 6. The number of benzene rings is 3. The van der Waals surface area contributed by atoms with Crippen molar-refractivity contribution in [2.75, 3.05) is 0 Å². The molecule has 0 amide bonds. The smallest absolute Gasteiger partial charge is 0.446 e. The summed E-state index contributed by atoms with van der Waals surface area (Å²) < 4.78 is 7.72. The van der Waals surface area contributed by atoms with Crippen molar-refractivity contribution in [3.63, 3.8) is 0 Å². The summed E-state index contributed by atoms with van der Waals surface area (Å²) in [5.41, 5.74) is 3.56.